The van der Waals surface area contributed by atoms with Crippen LogP contribution in [0.3, 0.4) is 0 Å². The van der Waals surface area contributed by atoms with Gasteiger partial charge in [0.1, 0.15) is 10.7 Å². The van der Waals surface area contributed by atoms with Gasteiger partial charge in [-0.1, -0.05) is 13.8 Å². The maximum absolute atomic E-state index is 14.1. The molecular formula is C17H16F4N2O3S. The van der Waals surface area contributed by atoms with E-state index in [0.29, 0.717) is 12.1 Å². The smallest absolute Gasteiger partial charge is 0.255 e. The first kappa shape index (κ1) is 20.8. The van der Waals surface area contributed by atoms with Crippen molar-refractivity contribution in [3.8, 4) is 0 Å². The second-order valence-corrected chi connectivity index (χ2v) is 7.35. The maximum Gasteiger partial charge on any atom is 0.255 e. The molecule has 27 heavy (non-hydrogen) atoms. The van der Waals surface area contributed by atoms with Crippen molar-refractivity contribution in [1.29, 1.82) is 0 Å². The molecule has 0 aliphatic heterocycles. The molecule has 1 amide bonds. The Morgan fingerprint density at radius 1 is 0.963 bits per heavy atom. The summed E-state index contributed by atoms with van der Waals surface area (Å²) in [6, 6.07) is 3.77. The van der Waals surface area contributed by atoms with E-state index in [4.69, 9.17) is 0 Å². The lowest BCUT2D eigenvalue weighted by atomic mass is 10.2. The number of anilines is 1. The molecule has 5 nitrogen and oxygen atoms in total. The van der Waals surface area contributed by atoms with E-state index in [1.54, 1.807) is 13.8 Å². The first-order valence-corrected chi connectivity index (χ1v) is 9.31. The van der Waals surface area contributed by atoms with E-state index in [1.165, 1.54) is 0 Å². The monoisotopic (exact) mass is 404 g/mol. The Balaban J connectivity index is 2.39. The second kappa shape index (κ2) is 8.05. The van der Waals surface area contributed by atoms with Gasteiger partial charge in [0.15, 0.2) is 17.5 Å². The highest BCUT2D eigenvalue weighted by Crippen LogP contribution is 2.22. The largest absolute Gasteiger partial charge is 0.322 e. The SMILES string of the molecule is CCN(CC)S(=O)(=O)c1cc(C(=O)Nc2cc(F)c(F)c(F)c2)ccc1F. The number of nitrogens with one attached hydrogen (secondary N) is 1. The molecule has 0 radical (unpaired) electrons. The van der Waals surface area contributed by atoms with Crippen molar-refractivity contribution >= 4 is 21.6 Å². The summed E-state index contributed by atoms with van der Waals surface area (Å²) in [5, 5.41) is 2.11. The molecule has 2 aromatic carbocycles. The fourth-order valence-corrected chi connectivity index (χ4v) is 3.92. The first-order valence-electron chi connectivity index (χ1n) is 7.87. The number of hydrogen-bond donors (Lipinski definition) is 1. The van der Waals surface area contributed by atoms with E-state index in [9.17, 15) is 30.8 Å². The first-order chi connectivity index (χ1) is 12.6. The van der Waals surface area contributed by atoms with Crippen LogP contribution in [-0.4, -0.2) is 31.7 Å². The number of benzene rings is 2. The lowest BCUT2D eigenvalue weighted by molar-refractivity contribution is 0.102. The van der Waals surface area contributed by atoms with E-state index in [2.05, 4.69) is 5.32 Å². The van der Waals surface area contributed by atoms with Gasteiger partial charge in [0.05, 0.1) is 0 Å². The highest BCUT2D eigenvalue weighted by atomic mass is 32.2. The van der Waals surface area contributed by atoms with Crippen LogP contribution in [0.5, 0.6) is 0 Å². The Labute approximate surface area is 153 Å². The van der Waals surface area contributed by atoms with Crippen molar-refractivity contribution < 1.29 is 30.8 Å². The number of carbonyl (C=O) groups excluding carboxylic acids is 1. The molecule has 0 saturated carbocycles. The minimum atomic E-state index is -4.17. The summed E-state index contributed by atoms with van der Waals surface area (Å²) >= 11 is 0. The minimum absolute atomic E-state index is 0.100. The molecule has 10 heteroatoms. The van der Waals surface area contributed by atoms with Crippen LogP contribution in [0.25, 0.3) is 0 Å². The zero-order valence-corrected chi connectivity index (χ0v) is 15.2. The van der Waals surface area contributed by atoms with Gasteiger partial charge in [-0.25, -0.2) is 26.0 Å². The molecule has 0 aliphatic rings. The summed E-state index contributed by atoms with van der Waals surface area (Å²) < 4.78 is 79.5. The average Bonchev–Trinajstić information content (AvgIpc) is 2.60. The average molecular weight is 404 g/mol. The Kier molecular flexibility index (Phi) is 6.22. The third-order valence-corrected chi connectivity index (χ3v) is 5.82. The molecule has 146 valence electrons. The molecule has 1 N–H and O–H groups in total. The molecule has 2 aromatic rings. The third kappa shape index (κ3) is 4.28. The van der Waals surface area contributed by atoms with Crippen molar-refractivity contribution in [2.45, 2.75) is 18.7 Å². The predicted octanol–water partition coefficient (Wildman–Crippen LogP) is 3.53. The van der Waals surface area contributed by atoms with Gasteiger partial charge >= 0.3 is 0 Å². The minimum Gasteiger partial charge on any atom is -0.322 e. The van der Waals surface area contributed by atoms with Gasteiger partial charge in [-0.05, 0) is 18.2 Å². The van der Waals surface area contributed by atoms with Crippen molar-refractivity contribution in [2.75, 3.05) is 18.4 Å². The number of nitrogens with zero attached hydrogens (tertiary/aromatic N) is 1. The van der Waals surface area contributed by atoms with Crippen molar-refractivity contribution in [2.24, 2.45) is 0 Å². The molecule has 0 saturated heterocycles. The lowest BCUT2D eigenvalue weighted by Gasteiger charge is -2.19. The molecular weight excluding hydrogens is 388 g/mol. The number of amides is 1. The molecule has 0 aromatic heterocycles. The van der Waals surface area contributed by atoms with Crippen LogP contribution < -0.4 is 5.32 Å². The third-order valence-electron chi connectivity index (χ3n) is 3.76. The number of sulfonamides is 1. The topological polar surface area (TPSA) is 66.5 Å². The molecule has 0 heterocycles. The highest BCUT2D eigenvalue weighted by Gasteiger charge is 2.26. The fourth-order valence-electron chi connectivity index (χ4n) is 2.38. The lowest BCUT2D eigenvalue weighted by Crippen LogP contribution is -2.31. The summed E-state index contributed by atoms with van der Waals surface area (Å²) in [4.78, 5) is 11.5. The summed E-state index contributed by atoms with van der Waals surface area (Å²) in [6.45, 7) is 3.35. The zero-order valence-electron chi connectivity index (χ0n) is 14.4. The molecule has 2 rings (SSSR count). The van der Waals surface area contributed by atoms with Gasteiger partial charge in [-0.2, -0.15) is 4.31 Å². The molecule has 0 unspecified atom stereocenters. The Hall–Kier alpha value is -2.46. The standard InChI is InChI=1S/C17H16F4N2O3S/c1-3-23(4-2)27(25,26)15-7-10(5-6-12(15)18)17(24)22-11-8-13(19)16(21)14(20)9-11/h5-9H,3-4H2,1-2H3,(H,22,24). The van der Waals surface area contributed by atoms with Crippen LogP contribution in [0.15, 0.2) is 35.2 Å². The summed E-state index contributed by atoms with van der Waals surface area (Å²) in [6.07, 6.45) is 0. The van der Waals surface area contributed by atoms with E-state index in [0.717, 1.165) is 22.5 Å². The highest BCUT2D eigenvalue weighted by molar-refractivity contribution is 7.89. The van der Waals surface area contributed by atoms with Gasteiger partial charge in [0.25, 0.3) is 5.91 Å². The van der Waals surface area contributed by atoms with Crippen LogP contribution in [0.1, 0.15) is 24.2 Å². The number of carbonyl (C=O) groups is 1. The fraction of sp³-hybridized carbons (Fsp3) is 0.235. The summed E-state index contributed by atoms with van der Waals surface area (Å²) in [5.41, 5.74) is -0.638. The number of halogens is 4. The Bertz CT molecular complexity index is 953. The molecule has 0 fully saturated rings. The van der Waals surface area contributed by atoms with Crippen molar-refractivity contribution in [3.05, 3.63) is 59.2 Å². The molecule has 0 spiro atoms. The van der Waals surface area contributed by atoms with Gasteiger partial charge in [-0.15, -0.1) is 0 Å². The van der Waals surface area contributed by atoms with Crippen molar-refractivity contribution in [3.63, 3.8) is 0 Å². The van der Waals surface area contributed by atoms with Crippen LogP contribution in [0.2, 0.25) is 0 Å². The van der Waals surface area contributed by atoms with Crippen LogP contribution >= 0.6 is 0 Å². The Morgan fingerprint density at radius 3 is 2.04 bits per heavy atom. The molecule has 0 aliphatic carbocycles. The van der Waals surface area contributed by atoms with Crippen molar-refractivity contribution in [1.82, 2.24) is 4.31 Å². The summed E-state index contributed by atoms with van der Waals surface area (Å²) in [7, 11) is -4.17. The Morgan fingerprint density at radius 2 is 1.52 bits per heavy atom. The molecule has 0 atom stereocenters. The van der Waals surface area contributed by atoms with Gasteiger partial charge in [0.2, 0.25) is 10.0 Å². The number of hydrogen-bond acceptors (Lipinski definition) is 3. The van der Waals surface area contributed by atoms with Gasteiger partial charge < -0.3 is 5.32 Å². The normalized spacial score (nSPS) is 11.7. The van der Waals surface area contributed by atoms with Gasteiger partial charge in [-0.3, -0.25) is 4.79 Å². The van der Waals surface area contributed by atoms with E-state index in [1.807, 2.05) is 0 Å². The van der Waals surface area contributed by atoms with Gasteiger partial charge in [0, 0.05) is 36.5 Å². The van der Waals surface area contributed by atoms with E-state index < -0.39 is 44.1 Å². The van der Waals surface area contributed by atoms with Crippen LogP contribution in [0, 0.1) is 23.3 Å². The maximum atomic E-state index is 14.1. The molecule has 0 bridgehead atoms. The van der Waals surface area contributed by atoms with Crippen LogP contribution in [0.4, 0.5) is 23.2 Å². The zero-order chi connectivity index (χ0) is 20.4. The number of rotatable bonds is 6. The second-order valence-electron chi connectivity index (χ2n) is 5.44. The quantitative estimate of drug-likeness (QED) is 0.592. The van der Waals surface area contributed by atoms with E-state index >= 15 is 0 Å². The predicted molar refractivity (Wildman–Crippen MR) is 90.8 cm³/mol. The van der Waals surface area contributed by atoms with E-state index in [-0.39, 0.29) is 24.3 Å². The van der Waals surface area contributed by atoms with Crippen LogP contribution in [-0.2, 0) is 10.0 Å². The summed E-state index contributed by atoms with van der Waals surface area (Å²) in [5.74, 6) is -6.69.